The lowest BCUT2D eigenvalue weighted by atomic mass is 9.98. The van der Waals surface area contributed by atoms with Crippen LogP contribution in [0, 0.1) is 0 Å². The summed E-state index contributed by atoms with van der Waals surface area (Å²) in [6.45, 7) is 4.02. The molecule has 0 bridgehead atoms. The third-order valence-electron chi connectivity index (χ3n) is 4.47. The fraction of sp³-hybridized carbons (Fsp3) is 0.474. The number of imidazole rings is 1. The number of aromatic nitrogens is 2. The van der Waals surface area contributed by atoms with Crippen molar-refractivity contribution in [2.75, 3.05) is 13.1 Å². The van der Waals surface area contributed by atoms with Gasteiger partial charge in [0.15, 0.2) is 5.96 Å². The summed E-state index contributed by atoms with van der Waals surface area (Å²) >= 11 is 5.89. The fourth-order valence-corrected chi connectivity index (χ4v) is 2.96. The summed E-state index contributed by atoms with van der Waals surface area (Å²) in [4.78, 5) is 7.89. The van der Waals surface area contributed by atoms with Crippen LogP contribution in [-0.4, -0.2) is 39.9 Å². The second-order valence-corrected chi connectivity index (χ2v) is 7.08. The molecule has 0 aliphatic rings. The number of hydrogen-bond acceptors (Lipinski definition) is 3. The molecule has 3 N–H and O–H groups in total. The Labute approximate surface area is 172 Å². The van der Waals surface area contributed by atoms with Crippen LogP contribution in [0.2, 0.25) is 5.02 Å². The Kier molecular flexibility index (Phi) is 7.54. The van der Waals surface area contributed by atoms with Crippen molar-refractivity contribution in [3.05, 3.63) is 53.1 Å². The molecule has 29 heavy (non-hydrogen) atoms. The Morgan fingerprint density at radius 2 is 1.97 bits per heavy atom. The highest BCUT2D eigenvalue weighted by Crippen LogP contribution is 2.40. The van der Waals surface area contributed by atoms with E-state index in [2.05, 4.69) is 20.6 Å². The van der Waals surface area contributed by atoms with E-state index < -0.39 is 24.0 Å². The Morgan fingerprint density at radius 3 is 2.48 bits per heavy atom. The lowest BCUT2D eigenvalue weighted by molar-refractivity contribution is -0.272. The molecule has 1 aromatic carbocycles. The maximum atomic E-state index is 13.6. The number of rotatable bonds is 7. The van der Waals surface area contributed by atoms with E-state index in [1.165, 1.54) is 19.4 Å². The van der Waals surface area contributed by atoms with Crippen LogP contribution in [0.3, 0.4) is 0 Å². The molecule has 2 atom stereocenters. The number of aryl methyl sites for hydroxylation is 1. The number of nitrogens with zero attached hydrogens (tertiary/aromatic N) is 3. The molecule has 2 unspecified atom stereocenters. The predicted octanol–water partition coefficient (Wildman–Crippen LogP) is 3.53. The smallest absolute Gasteiger partial charge is 0.374 e. The minimum Gasteiger partial charge on any atom is -0.374 e. The van der Waals surface area contributed by atoms with Crippen LogP contribution in [0.25, 0.3) is 0 Å². The minimum atomic E-state index is -4.88. The maximum absolute atomic E-state index is 13.6. The van der Waals surface area contributed by atoms with Crippen LogP contribution in [0.5, 0.6) is 0 Å². The number of halogens is 4. The van der Waals surface area contributed by atoms with Crippen molar-refractivity contribution in [3.8, 4) is 0 Å². The molecule has 6 nitrogen and oxygen atoms in total. The van der Waals surface area contributed by atoms with E-state index in [4.69, 9.17) is 11.6 Å². The van der Waals surface area contributed by atoms with Gasteiger partial charge in [0.2, 0.25) is 5.60 Å². The van der Waals surface area contributed by atoms with Crippen LogP contribution < -0.4 is 10.6 Å². The van der Waals surface area contributed by atoms with Crippen LogP contribution >= 0.6 is 11.6 Å². The normalized spacial score (nSPS) is 15.7. The summed E-state index contributed by atoms with van der Waals surface area (Å²) in [5.41, 5.74) is -2.15. The first kappa shape index (κ1) is 23.0. The number of aliphatic hydroxyl groups is 1. The molecule has 160 valence electrons. The highest BCUT2D eigenvalue weighted by Gasteiger charge is 2.57. The van der Waals surface area contributed by atoms with Gasteiger partial charge in [-0.1, -0.05) is 23.7 Å². The number of benzene rings is 1. The summed E-state index contributed by atoms with van der Waals surface area (Å²) < 4.78 is 41.9. The van der Waals surface area contributed by atoms with Crippen molar-refractivity contribution in [3.63, 3.8) is 0 Å². The van der Waals surface area contributed by atoms with Gasteiger partial charge in [-0.3, -0.25) is 4.99 Å². The topological polar surface area (TPSA) is 74.5 Å². The predicted molar refractivity (Wildman–Crippen MR) is 107 cm³/mol. The summed E-state index contributed by atoms with van der Waals surface area (Å²) in [7, 11) is 1.40. The Morgan fingerprint density at radius 1 is 1.31 bits per heavy atom. The van der Waals surface area contributed by atoms with E-state index in [-0.39, 0.29) is 12.6 Å². The molecule has 1 aromatic heterocycles. The maximum Gasteiger partial charge on any atom is 0.424 e. The van der Waals surface area contributed by atoms with E-state index in [9.17, 15) is 18.3 Å². The quantitative estimate of drug-likeness (QED) is 0.463. The molecule has 0 amide bonds. The van der Waals surface area contributed by atoms with Gasteiger partial charge >= 0.3 is 6.18 Å². The molecular formula is C19H25ClF3N5O. The van der Waals surface area contributed by atoms with Crippen molar-refractivity contribution in [2.45, 2.75) is 38.1 Å². The summed E-state index contributed by atoms with van der Waals surface area (Å²) in [5.74, 6) is -0.119. The van der Waals surface area contributed by atoms with Gasteiger partial charge in [-0.15, -0.1) is 0 Å². The molecule has 10 heteroatoms. The second-order valence-electron chi connectivity index (χ2n) is 6.65. The molecule has 0 fully saturated rings. The van der Waals surface area contributed by atoms with Crippen molar-refractivity contribution in [2.24, 2.45) is 12.0 Å². The van der Waals surface area contributed by atoms with Crippen molar-refractivity contribution in [1.29, 1.82) is 0 Å². The highest BCUT2D eigenvalue weighted by molar-refractivity contribution is 6.30. The number of hydrogen-bond donors (Lipinski definition) is 3. The van der Waals surface area contributed by atoms with Crippen LogP contribution in [0.1, 0.15) is 37.7 Å². The number of alkyl halides is 3. The van der Waals surface area contributed by atoms with Gasteiger partial charge in [0.1, 0.15) is 5.82 Å². The summed E-state index contributed by atoms with van der Waals surface area (Å²) in [5, 5.41) is 17.1. The van der Waals surface area contributed by atoms with E-state index >= 15 is 0 Å². The zero-order chi connectivity index (χ0) is 21.7. The van der Waals surface area contributed by atoms with Gasteiger partial charge in [0, 0.05) is 44.0 Å². The summed E-state index contributed by atoms with van der Waals surface area (Å²) in [6.07, 6.45) is -2.97. The molecule has 0 radical (unpaired) electrons. The first-order chi connectivity index (χ1) is 13.6. The SMILES string of the molecule is CCNC(=NCCC(O)(c1nccn1C)C(F)(F)F)NC(C)c1ccc(Cl)cc1. The van der Waals surface area contributed by atoms with Crippen molar-refractivity contribution in [1.82, 2.24) is 20.2 Å². The monoisotopic (exact) mass is 431 g/mol. The van der Waals surface area contributed by atoms with Crippen LogP contribution in [0.4, 0.5) is 13.2 Å². The highest BCUT2D eigenvalue weighted by atomic mass is 35.5. The fourth-order valence-electron chi connectivity index (χ4n) is 2.83. The van der Waals surface area contributed by atoms with Crippen molar-refractivity contribution < 1.29 is 18.3 Å². The molecule has 1 heterocycles. The Hall–Kier alpha value is -2.26. The van der Waals surface area contributed by atoms with E-state index in [0.717, 1.165) is 10.1 Å². The number of nitrogens with one attached hydrogen (secondary N) is 2. The van der Waals surface area contributed by atoms with Gasteiger partial charge in [-0.2, -0.15) is 13.2 Å². The first-order valence-electron chi connectivity index (χ1n) is 9.15. The first-order valence-corrected chi connectivity index (χ1v) is 9.53. The molecule has 0 spiro atoms. The van der Waals surface area contributed by atoms with E-state index in [1.807, 2.05) is 26.0 Å². The summed E-state index contributed by atoms with van der Waals surface area (Å²) in [6, 6.07) is 7.08. The average molecular weight is 432 g/mol. The number of guanidine groups is 1. The van der Waals surface area contributed by atoms with Gasteiger partial charge in [0.25, 0.3) is 0 Å². The van der Waals surface area contributed by atoms with Gasteiger partial charge in [-0.25, -0.2) is 4.98 Å². The number of aliphatic imine (C=N–C) groups is 1. The van der Waals surface area contributed by atoms with Gasteiger partial charge in [-0.05, 0) is 31.5 Å². The zero-order valence-electron chi connectivity index (χ0n) is 16.5. The zero-order valence-corrected chi connectivity index (χ0v) is 17.2. The lowest BCUT2D eigenvalue weighted by Crippen LogP contribution is -2.45. The molecular weight excluding hydrogens is 407 g/mol. The second kappa shape index (κ2) is 9.49. The third-order valence-corrected chi connectivity index (χ3v) is 4.72. The lowest BCUT2D eigenvalue weighted by Gasteiger charge is -2.29. The minimum absolute atomic E-state index is 0.152. The van der Waals surface area contributed by atoms with Crippen molar-refractivity contribution >= 4 is 17.6 Å². The molecule has 0 saturated carbocycles. The molecule has 2 rings (SSSR count). The van der Waals surface area contributed by atoms with E-state index in [0.29, 0.717) is 17.5 Å². The Balaban J connectivity index is 2.14. The average Bonchev–Trinajstić information content (AvgIpc) is 3.07. The van der Waals surface area contributed by atoms with Crippen LogP contribution in [-0.2, 0) is 12.6 Å². The molecule has 2 aromatic rings. The molecule has 0 saturated heterocycles. The van der Waals surface area contributed by atoms with E-state index in [1.54, 1.807) is 12.1 Å². The Bertz CT molecular complexity index is 822. The molecule has 0 aliphatic carbocycles. The van der Waals surface area contributed by atoms with Gasteiger partial charge in [0.05, 0.1) is 6.04 Å². The van der Waals surface area contributed by atoms with Gasteiger partial charge < -0.3 is 20.3 Å². The third kappa shape index (κ3) is 5.63. The molecule has 0 aliphatic heterocycles. The largest absolute Gasteiger partial charge is 0.424 e. The standard InChI is InChI=1S/C19H25ClF3N5O/c1-4-24-17(27-13(2)14-5-7-15(20)8-6-14)26-10-9-18(29,19(21,22)23)16-25-11-12-28(16)3/h5-8,11-13,29H,4,9-10H2,1-3H3,(H2,24,26,27). The van der Waals surface area contributed by atoms with Crippen LogP contribution in [0.15, 0.2) is 41.7 Å².